The molecule has 6 heteroatoms. The van der Waals surface area contributed by atoms with Crippen LogP contribution in [0.15, 0.2) is 29.3 Å². The summed E-state index contributed by atoms with van der Waals surface area (Å²) in [5, 5.41) is 6.80. The topological polar surface area (TPSA) is 48.9 Å². The van der Waals surface area contributed by atoms with Gasteiger partial charge < -0.3 is 20.3 Å². The molecule has 1 atom stereocenters. The van der Waals surface area contributed by atoms with Crippen molar-refractivity contribution in [1.29, 1.82) is 0 Å². The molecule has 1 aromatic carbocycles. The highest BCUT2D eigenvalue weighted by Crippen LogP contribution is 2.27. The molecule has 1 fully saturated rings. The van der Waals surface area contributed by atoms with Gasteiger partial charge in [-0.1, -0.05) is 31.0 Å². The van der Waals surface area contributed by atoms with Gasteiger partial charge in [-0.3, -0.25) is 4.99 Å². The SMILES string of the molecule is CN=C(NCCN(C)C1CCCC1)NCC1Cc2ccccc2O1.I. The predicted molar refractivity (Wildman–Crippen MR) is 114 cm³/mol. The van der Waals surface area contributed by atoms with Gasteiger partial charge in [-0.15, -0.1) is 24.0 Å². The molecule has 0 amide bonds. The molecule has 5 nitrogen and oxygen atoms in total. The number of nitrogens with one attached hydrogen (secondary N) is 2. The minimum atomic E-state index is 0. The zero-order chi connectivity index (χ0) is 16.8. The average molecular weight is 458 g/mol. The van der Waals surface area contributed by atoms with Gasteiger partial charge in [0.2, 0.25) is 0 Å². The minimum absolute atomic E-state index is 0. The zero-order valence-corrected chi connectivity index (χ0v) is 17.7. The molecule has 2 aliphatic rings. The molecule has 1 saturated carbocycles. The van der Waals surface area contributed by atoms with Gasteiger partial charge in [0, 0.05) is 32.6 Å². The normalized spacial score (nSPS) is 20.1. The van der Waals surface area contributed by atoms with E-state index in [0.717, 1.165) is 43.8 Å². The fourth-order valence-electron chi connectivity index (χ4n) is 3.68. The first-order valence-corrected chi connectivity index (χ1v) is 9.15. The van der Waals surface area contributed by atoms with Gasteiger partial charge in [0.1, 0.15) is 11.9 Å². The molecule has 0 spiro atoms. The number of rotatable bonds is 6. The molecule has 1 heterocycles. The summed E-state index contributed by atoms with van der Waals surface area (Å²) < 4.78 is 5.96. The first kappa shape index (κ1) is 20.3. The fourth-order valence-corrected chi connectivity index (χ4v) is 3.68. The third kappa shape index (κ3) is 5.74. The highest BCUT2D eigenvalue weighted by atomic mass is 127. The maximum atomic E-state index is 5.96. The Morgan fingerprint density at radius 3 is 2.72 bits per heavy atom. The summed E-state index contributed by atoms with van der Waals surface area (Å²) in [4.78, 5) is 6.79. The van der Waals surface area contributed by atoms with Gasteiger partial charge in [-0.05, 0) is 31.5 Å². The zero-order valence-electron chi connectivity index (χ0n) is 15.3. The van der Waals surface area contributed by atoms with Crippen molar-refractivity contribution >= 4 is 29.9 Å². The van der Waals surface area contributed by atoms with Crippen molar-refractivity contribution in [3.63, 3.8) is 0 Å². The standard InChI is InChI=1S/C19H30N4O.HI/c1-20-19(21-11-12-23(2)16-8-4-5-9-16)22-14-17-13-15-7-3-6-10-18(15)24-17;/h3,6-7,10,16-17H,4-5,8-9,11-14H2,1-2H3,(H2,20,21,22);1H. The summed E-state index contributed by atoms with van der Waals surface area (Å²) in [5.74, 6) is 1.87. The second kappa shape index (κ2) is 10.2. The van der Waals surface area contributed by atoms with Crippen molar-refractivity contribution in [3.8, 4) is 5.75 Å². The lowest BCUT2D eigenvalue weighted by Gasteiger charge is -2.24. The lowest BCUT2D eigenvalue weighted by atomic mass is 10.1. The van der Waals surface area contributed by atoms with Crippen molar-refractivity contribution < 1.29 is 4.74 Å². The molecule has 0 saturated heterocycles. The number of ether oxygens (including phenoxy) is 1. The third-order valence-corrected chi connectivity index (χ3v) is 5.14. The number of para-hydroxylation sites is 1. The largest absolute Gasteiger partial charge is 0.488 e. The van der Waals surface area contributed by atoms with Crippen LogP contribution in [0.3, 0.4) is 0 Å². The molecular weight excluding hydrogens is 427 g/mol. The molecule has 0 radical (unpaired) electrons. The summed E-state index contributed by atoms with van der Waals surface area (Å²) in [6.07, 6.45) is 6.61. The lowest BCUT2D eigenvalue weighted by molar-refractivity contribution is 0.234. The highest BCUT2D eigenvalue weighted by Gasteiger charge is 2.22. The highest BCUT2D eigenvalue weighted by molar-refractivity contribution is 14.0. The minimum Gasteiger partial charge on any atom is -0.488 e. The van der Waals surface area contributed by atoms with Crippen LogP contribution in [0.1, 0.15) is 31.2 Å². The van der Waals surface area contributed by atoms with E-state index in [9.17, 15) is 0 Å². The molecule has 0 bridgehead atoms. The van der Waals surface area contributed by atoms with E-state index in [1.165, 1.54) is 31.2 Å². The maximum Gasteiger partial charge on any atom is 0.191 e. The molecule has 140 valence electrons. The number of hydrogen-bond acceptors (Lipinski definition) is 3. The van der Waals surface area contributed by atoms with Crippen molar-refractivity contribution in [1.82, 2.24) is 15.5 Å². The predicted octanol–water partition coefficient (Wildman–Crippen LogP) is 2.65. The molecular formula is C19H31IN4O. The molecule has 1 aliphatic carbocycles. The quantitative estimate of drug-likeness (QED) is 0.391. The molecule has 2 N–H and O–H groups in total. The Kier molecular flexibility index (Phi) is 8.29. The second-order valence-corrected chi connectivity index (χ2v) is 6.85. The van der Waals surface area contributed by atoms with E-state index in [-0.39, 0.29) is 30.1 Å². The van der Waals surface area contributed by atoms with Gasteiger partial charge in [0.15, 0.2) is 5.96 Å². The van der Waals surface area contributed by atoms with Crippen molar-refractivity contribution in [2.45, 2.75) is 44.2 Å². The Labute approximate surface area is 168 Å². The molecule has 1 aliphatic heterocycles. The number of aliphatic imine (C=N–C) groups is 1. The van der Waals surface area contributed by atoms with Crippen molar-refractivity contribution in [3.05, 3.63) is 29.8 Å². The lowest BCUT2D eigenvalue weighted by Crippen LogP contribution is -2.45. The molecule has 1 unspecified atom stereocenters. The Balaban J connectivity index is 0.00000225. The van der Waals surface area contributed by atoms with Crippen LogP contribution in [0.2, 0.25) is 0 Å². The number of likely N-dealkylation sites (N-methyl/N-ethyl adjacent to an activating group) is 1. The maximum absolute atomic E-state index is 5.96. The van der Waals surface area contributed by atoms with Crippen LogP contribution in [0.4, 0.5) is 0 Å². The number of hydrogen-bond donors (Lipinski definition) is 2. The van der Waals surface area contributed by atoms with Gasteiger partial charge in [-0.25, -0.2) is 0 Å². The van der Waals surface area contributed by atoms with Crippen LogP contribution in [0, 0.1) is 0 Å². The number of fused-ring (bicyclic) bond motifs is 1. The number of benzene rings is 1. The van der Waals surface area contributed by atoms with Crippen LogP contribution in [-0.4, -0.2) is 56.7 Å². The smallest absolute Gasteiger partial charge is 0.191 e. The Hall–Kier alpha value is -1.02. The van der Waals surface area contributed by atoms with Gasteiger partial charge in [-0.2, -0.15) is 0 Å². The summed E-state index contributed by atoms with van der Waals surface area (Å²) in [7, 11) is 4.05. The number of guanidine groups is 1. The van der Waals surface area contributed by atoms with Crippen LogP contribution in [-0.2, 0) is 6.42 Å². The fraction of sp³-hybridized carbons (Fsp3) is 0.632. The summed E-state index contributed by atoms with van der Waals surface area (Å²) >= 11 is 0. The summed E-state index contributed by atoms with van der Waals surface area (Å²) in [6, 6.07) is 9.05. The van der Waals surface area contributed by atoms with E-state index in [2.05, 4.69) is 39.7 Å². The monoisotopic (exact) mass is 458 g/mol. The molecule has 25 heavy (non-hydrogen) atoms. The molecule has 3 rings (SSSR count). The van der Waals surface area contributed by atoms with E-state index in [1.54, 1.807) is 0 Å². The first-order chi connectivity index (χ1) is 11.8. The van der Waals surface area contributed by atoms with Gasteiger partial charge in [0.05, 0.1) is 6.54 Å². The summed E-state index contributed by atoms with van der Waals surface area (Å²) in [6.45, 7) is 2.74. The second-order valence-electron chi connectivity index (χ2n) is 6.85. The van der Waals surface area contributed by atoms with E-state index in [0.29, 0.717) is 0 Å². The van der Waals surface area contributed by atoms with E-state index < -0.39 is 0 Å². The van der Waals surface area contributed by atoms with Gasteiger partial charge in [0.25, 0.3) is 0 Å². The van der Waals surface area contributed by atoms with Crippen LogP contribution < -0.4 is 15.4 Å². The Morgan fingerprint density at radius 2 is 2.00 bits per heavy atom. The van der Waals surface area contributed by atoms with Crippen LogP contribution >= 0.6 is 24.0 Å². The Morgan fingerprint density at radius 1 is 1.24 bits per heavy atom. The number of halogens is 1. The van der Waals surface area contributed by atoms with E-state index in [1.807, 2.05) is 19.2 Å². The Bertz CT molecular complexity index is 535. The average Bonchev–Trinajstić information content (AvgIpc) is 3.26. The third-order valence-electron chi connectivity index (χ3n) is 5.14. The number of nitrogens with zero attached hydrogens (tertiary/aromatic N) is 2. The molecule has 1 aromatic rings. The van der Waals surface area contributed by atoms with Crippen molar-refractivity contribution in [2.24, 2.45) is 4.99 Å². The first-order valence-electron chi connectivity index (χ1n) is 9.15. The molecule has 0 aromatic heterocycles. The van der Waals surface area contributed by atoms with Gasteiger partial charge >= 0.3 is 0 Å². The van der Waals surface area contributed by atoms with Crippen LogP contribution in [0.25, 0.3) is 0 Å². The summed E-state index contributed by atoms with van der Waals surface area (Å²) in [5.41, 5.74) is 1.30. The van der Waals surface area contributed by atoms with E-state index in [4.69, 9.17) is 4.74 Å². The van der Waals surface area contributed by atoms with E-state index >= 15 is 0 Å². The van der Waals surface area contributed by atoms with Crippen LogP contribution in [0.5, 0.6) is 5.75 Å². The van der Waals surface area contributed by atoms with Crippen molar-refractivity contribution in [2.75, 3.05) is 33.7 Å².